The Morgan fingerprint density at radius 2 is 1.31 bits per heavy atom. The molecule has 0 atom stereocenters. The van der Waals surface area contributed by atoms with Crippen LogP contribution in [0.1, 0.15) is 25.0 Å². The summed E-state index contributed by atoms with van der Waals surface area (Å²) in [6.45, 7) is 4.75. The van der Waals surface area contributed by atoms with Gasteiger partial charge in [0, 0.05) is 44.4 Å². The van der Waals surface area contributed by atoms with E-state index in [2.05, 4.69) is 120 Å². The number of hydrogen-bond acceptors (Lipinski definition) is 1. The highest BCUT2D eigenvalue weighted by atomic mass is 15.1. The molecule has 0 saturated carbocycles. The van der Waals surface area contributed by atoms with Gasteiger partial charge in [-0.3, -0.25) is 4.57 Å². The van der Waals surface area contributed by atoms with E-state index in [-0.39, 0.29) is 5.41 Å². The minimum absolute atomic E-state index is 0.195. The van der Waals surface area contributed by atoms with Crippen LogP contribution in [0.15, 0.2) is 103 Å². The van der Waals surface area contributed by atoms with Gasteiger partial charge in [-0.05, 0) is 48.0 Å². The first kappa shape index (κ1) is 19.0. The van der Waals surface area contributed by atoms with Gasteiger partial charge in [0.25, 0.3) is 0 Å². The molecule has 0 amide bonds. The molecule has 3 nitrogen and oxygen atoms in total. The Kier molecular flexibility index (Phi) is 3.47. The van der Waals surface area contributed by atoms with Gasteiger partial charge >= 0.3 is 0 Å². The summed E-state index contributed by atoms with van der Waals surface area (Å²) in [7, 11) is 0. The Labute approximate surface area is 202 Å². The lowest BCUT2D eigenvalue weighted by Gasteiger charge is -2.35. The molecule has 4 aromatic carbocycles. The van der Waals surface area contributed by atoms with Crippen LogP contribution < -0.4 is 0 Å². The Morgan fingerprint density at radius 1 is 0.629 bits per heavy atom. The summed E-state index contributed by atoms with van der Waals surface area (Å²) in [5.41, 5.74) is 9.73. The van der Waals surface area contributed by atoms with E-state index < -0.39 is 0 Å². The van der Waals surface area contributed by atoms with Gasteiger partial charge < -0.3 is 4.57 Å². The molecule has 166 valence electrons. The predicted octanol–water partition coefficient (Wildman–Crippen LogP) is 7.92. The third-order valence-electron chi connectivity index (χ3n) is 7.90. The Bertz CT molecular complexity index is 1970. The summed E-state index contributed by atoms with van der Waals surface area (Å²) < 4.78 is 4.86. The average Bonchev–Trinajstić information content (AvgIpc) is 3.40. The normalized spacial score (nSPS) is 14.2. The van der Waals surface area contributed by atoms with Gasteiger partial charge in [0.15, 0.2) is 0 Å². The summed E-state index contributed by atoms with van der Waals surface area (Å²) in [5, 5.41) is 5.05. The second-order valence-electron chi connectivity index (χ2n) is 10.1. The molecule has 0 bridgehead atoms. The van der Waals surface area contributed by atoms with Crippen molar-refractivity contribution in [3.8, 4) is 11.4 Å². The molecule has 3 aromatic heterocycles. The van der Waals surface area contributed by atoms with E-state index in [0.29, 0.717) is 0 Å². The number of fused-ring (bicyclic) bond motifs is 9. The number of nitrogens with zero attached hydrogens (tertiary/aromatic N) is 3. The molecule has 3 heteroatoms. The number of benzene rings is 4. The fraction of sp³-hybridized carbons (Fsp3) is 0.0938. The SMILES string of the molecule is CC1(C)c2ccccc2-n2c3ncccc3c3cc4c5ccccc5n(-c5ccccc5)c4c1c32. The summed E-state index contributed by atoms with van der Waals surface area (Å²) in [4.78, 5) is 4.88. The highest BCUT2D eigenvalue weighted by molar-refractivity contribution is 6.21. The maximum atomic E-state index is 4.88. The molecule has 0 fully saturated rings. The van der Waals surface area contributed by atoms with E-state index in [1.54, 1.807) is 0 Å². The number of aromatic nitrogens is 3. The number of pyridine rings is 1. The first-order valence-electron chi connectivity index (χ1n) is 12.2. The number of hydrogen-bond donors (Lipinski definition) is 0. The molecular formula is C32H23N3. The lowest BCUT2D eigenvalue weighted by molar-refractivity contribution is 0.633. The van der Waals surface area contributed by atoms with Gasteiger partial charge in [-0.15, -0.1) is 0 Å². The summed E-state index contributed by atoms with van der Waals surface area (Å²) >= 11 is 0. The third-order valence-corrected chi connectivity index (χ3v) is 7.90. The minimum Gasteiger partial charge on any atom is -0.309 e. The fourth-order valence-corrected chi connectivity index (χ4v) is 6.45. The Balaban J connectivity index is 1.74. The van der Waals surface area contributed by atoms with Gasteiger partial charge in [-0.2, -0.15) is 0 Å². The van der Waals surface area contributed by atoms with Crippen molar-refractivity contribution < 1.29 is 0 Å². The van der Waals surface area contributed by atoms with E-state index in [1.807, 2.05) is 6.20 Å². The first-order chi connectivity index (χ1) is 17.2. The van der Waals surface area contributed by atoms with Gasteiger partial charge in [-0.25, -0.2) is 4.98 Å². The second kappa shape index (κ2) is 6.39. The number of rotatable bonds is 1. The van der Waals surface area contributed by atoms with Crippen LogP contribution in [0.5, 0.6) is 0 Å². The van der Waals surface area contributed by atoms with Crippen LogP contribution in [-0.2, 0) is 5.41 Å². The van der Waals surface area contributed by atoms with Crippen LogP contribution in [0.2, 0.25) is 0 Å². The monoisotopic (exact) mass is 449 g/mol. The van der Waals surface area contributed by atoms with Crippen molar-refractivity contribution in [1.82, 2.24) is 14.1 Å². The largest absolute Gasteiger partial charge is 0.309 e. The Morgan fingerprint density at radius 3 is 2.20 bits per heavy atom. The molecule has 0 aliphatic carbocycles. The van der Waals surface area contributed by atoms with Crippen molar-refractivity contribution in [2.24, 2.45) is 0 Å². The van der Waals surface area contributed by atoms with Crippen LogP contribution >= 0.6 is 0 Å². The molecule has 35 heavy (non-hydrogen) atoms. The van der Waals surface area contributed by atoms with Crippen molar-refractivity contribution >= 4 is 43.7 Å². The molecule has 0 saturated heterocycles. The van der Waals surface area contributed by atoms with Crippen molar-refractivity contribution in [2.75, 3.05) is 0 Å². The zero-order chi connectivity index (χ0) is 23.3. The van der Waals surface area contributed by atoms with Crippen LogP contribution in [0.3, 0.4) is 0 Å². The molecular weight excluding hydrogens is 426 g/mol. The lowest BCUT2D eigenvalue weighted by atomic mass is 9.74. The maximum absolute atomic E-state index is 4.88. The topological polar surface area (TPSA) is 22.8 Å². The van der Waals surface area contributed by atoms with E-state index >= 15 is 0 Å². The van der Waals surface area contributed by atoms with Gasteiger partial charge in [-0.1, -0.05) is 68.4 Å². The summed E-state index contributed by atoms with van der Waals surface area (Å²) in [6, 6.07) is 35.1. The van der Waals surface area contributed by atoms with Gasteiger partial charge in [0.05, 0.1) is 22.2 Å². The lowest BCUT2D eigenvalue weighted by Crippen LogP contribution is -2.27. The van der Waals surface area contributed by atoms with Crippen molar-refractivity contribution in [2.45, 2.75) is 19.3 Å². The third kappa shape index (κ3) is 2.23. The fourth-order valence-electron chi connectivity index (χ4n) is 6.45. The summed E-state index contributed by atoms with van der Waals surface area (Å²) in [5.74, 6) is 0. The molecule has 0 radical (unpaired) electrons. The van der Waals surface area contributed by atoms with E-state index in [4.69, 9.17) is 4.98 Å². The second-order valence-corrected chi connectivity index (χ2v) is 10.1. The van der Waals surface area contributed by atoms with Crippen LogP contribution in [-0.4, -0.2) is 14.1 Å². The number of para-hydroxylation sites is 3. The standard InChI is InChI=1S/C32H23N3/c1-32(2)25-15-7-9-17-27(25)35-30-24(22-14-10-18-33-31(22)35)19-23-21-13-6-8-16-26(21)34(29(23)28(30)32)20-11-4-3-5-12-20/h3-19H,1-2H3. The average molecular weight is 450 g/mol. The molecule has 0 unspecified atom stereocenters. The zero-order valence-electron chi connectivity index (χ0n) is 19.7. The first-order valence-corrected chi connectivity index (χ1v) is 12.2. The van der Waals surface area contributed by atoms with Gasteiger partial charge in [0.2, 0.25) is 0 Å². The highest BCUT2D eigenvalue weighted by Crippen LogP contribution is 2.51. The van der Waals surface area contributed by atoms with Gasteiger partial charge in [0.1, 0.15) is 5.65 Å². The van der Waals surface area contributed by atoms with E-state index in [1.165, 1.54) is 60.6 Å². The van der Waals surface area contributed by atoms with Crippen LogP contribution in [0.4, 0.5) is 0 Å². The molecule has 0 spiro atoms. The van der Waals surface area contributed by atoms with Crippen molar-refractivity contribution in [3.05, 3.63) is 114 Å². The minimum atomic E-state index is -0.195. The molecule has 0 N–H and O–H groups in total. The van der Waals surface area contributed by atoms with Crippen LogP contribution in [0, 0.1) is 0 Å². The zero-order valence-corrected chi connectivity index (χ0v) is 19.7. The van der Waals surface area contributed by atoms with Crippen molar-refractivity contribution in [3.63, 3.8) is 0 Å². The highest BCUT2D eigenvalue weighted by Gasteiger charge is 2.38. The van der Waals surface area contributed by atoms with E-state index in [0.717, 1.165) is 5.65 Å². The molecule has 1 aliphatic heterocycles. The molecule has 8 rings (SSSR count). The quantitative estimate of drug-likeness (QED) is 0.250. The molecule has 7 aromatic rings. The molecule has 4 heterocycles. The smallest absolute Gasteiger partial charge is 0.145 e. The maximum Gasteiger partial charge on any atom is 0.145 e. The van der Waals surface area contributed by atoms with E-state index in [9.17, 15) is 0 Å². The molecule has 1 aliphatic rings. The predicted molar refractivity (Wildman–Crippen MR) is 145 cm³/mol. The summed E-state index contributed by atoms with van der Waals surface area (Å²) in [6.07, 6.45) is 1.91. The van der Waals surface area contributed by atoms with Crippen molar-refractivity contribution in [1.29, 1.82) is 0 Å². The Hall–Kier alpha value is -4.37. The van der Waals surface area contributed by atoms with Crippen LogP contribution in [0.25, 0.3) is 55.1 Å².